The smallest absolute Gasteiger partial charge is 0.159 e. The molecule has 0 atom stereocenters. The summed E-state index contributed by atoms with van der Waals surface area (Å²) in [5, 5.41) is 0.615. The molecule has 0 saturated heterocycles. The standard InChI is InChI=1S/C13H19N3S/c1-2-17-12(14)16-11-6-3-5-10(9-11)13(15)7-4-8-13/h3,5-6,9H,2,4,7-8,15H2,1H3,(H2,14,16). The Labute approximate surface area is 107 Å². The first-order valence-corrected chi connectivity index (χ1v) is 6.99. The van der Waals surface area contributed by atoms with Crippen molar-refractivity contribution in [3.63, 3.8) is 0 Å². The second-order valence-corrected chi connectivity index (χ2v) is 5.73. The summed E-state index contributed by atoms with van der Waals surface area (Å²) in [4.78, 5) is 4.38. The SMILES string of the molecule is CCSC(N)=Nc1cccc(C2(N)CCC2)c1. The van der Waals surface area contributed by atoms with Gasteiger partial charge < -0.3 is 11.5 Å². The zero-order chi connectivity index (χ0) is 12.3. The van der Waals surface area contributed by atoms with E-state index in [1.807, 2.05) is 12.1 Å². The highest BCUT2D eigenvalue weighted by molar-refractivity contribution is 8.13. The van der Waals surface area contributed by atoms with Crippen LogP contribution in [0.2, 0.25) is 0 Å². The van der Waals surface area contributed by atoms with E-state index < -0.39 is 0 Å². The molecule has 1 aromatic rings. The third kappa shape index (κ3) is 2.82. The van der Waals surface area contributed by atoms with Crippen LogP contribution in [0.1, 0.15) is 31.7 Å². The number of nitrogens with zero attached hydrogens (tertiary/aromatic N) is 1. The summed E-state index contributed by atoms with van der Waals surface area (Å²) in [5.41, 5.74) is 14.1. The number of hydrogen-bond acceptors (Lipinski definition) is 3. The van der Waals surface area contributed by atoms with Crippen LogP contribution in [0.15, 0.2) is 29.3 Å². The Morgan fingerprint density at radius 2 is 2.24 bits per heavy atom. The average molecular weight is 249 g/mol. The number of thioether (sulfide) groups is 1. The summed E-state index contributed by atoms with van der Waals surface area (Å²) < 4.78 is 0. The molecule has 1 saturated carbocycles. The Bertz CT molecular complexity index is 424. The van der Waals surface area contributed by atoms with E-state index in [4.69, 9.17) is 11.5 Å². The molecule has 4 heteroatoms. The lowest BCUT2D eigenvalue weighted by Crippen LogP contribution is -2.43. The summed E-state index contributed by atoms with van der Waals surface area (Å²) in [6.07, 6.45) is 3.36. The quantitative estimate of drug-likeness (QED) is 0.639. The Kier molecular flexibility index (Phi) is 3.74. The molecule has 2 rings (SSSR count). The molecule has 3 nitrogen and oxygen atoms in total. The first-order chi connectivity index (χ1) is 8.14. The molecule has 4 N–H and O–H groups in total. The van der Waals surface area contributed by atoms with Crippen molar-refractivity contribution in [2.24, 2.45) is 16.5 Å². The fourth-order valence-corrected chi connectivity index (χ4v) is 2.50. The van der Waals surface area contributed by atoms with E-state index in [9.17, 15) is 0 Å². The summed E-state index contributed by atoms with van der Waals surface area (Å²) in [5.74, 6) is 0.940. The van der Waals surface area contributed by atoms with Gasteiger partial charge in [0, 0.05) is 5.54 Å². The minimum Gasteiger partial charge on any atom is -0.378 e. The van der Waals surface area contributed by atoms with E-state index in [1.165, 1.54) is 12.0 Å². The van der Waals surface area contributed by atoms with Gasteiger partial charge in [-0.25, -0.2) is 4.99 Å². The van der Waals surface area contributed by atoms with Gasteiger partial charge >= 0.3 is 0 Å². The van der Waals surface area contributed by atoms with Gasteiger partial charge in [0.25, 0.3) is 0 Å². The van der Waals surface area contributed by atoms with E-state index in [1.54, 1.807) is 11.8 Å². The zero-order valence-electron chi connectivity index (χ0n) is 10.1. The van der Waals surface area contributed by atoms with Gasteiger partial charge in [-0.15, -0.1) is 0 Å². The number of benzene rings is 1. The van der Waals surface area contributed by atoms with Crippen LogP contribution < -0.4 is 11.5 Å². The van der Waals surface area contributed by atoms with Crippen molar-refractivity contribution in [3.05, 3.63) is 29.8 Å². The molecule has 0 heterocycles. The summed E-state index contributed by atoms with van der Waals surface area (Å²) in [7, 11) is 0. The van der Waals surface area contributed by atoms with Crippen molar-refractivity contribution in [1.29, 1.82) is 0 Å². The fraction of sp³-hybridized carbons (Fsp3) is 0.462. The lowest BCUT2D eigenvalue weighted by Gasteiger charge is -2.38. The second kappa shape index (κ2) is 5.10. The van der Waals surface area contributed by atoms with Gasteiger partial charge in [0.1, 0.15) is 0 Å². The summed E-state index contributed by atoms with van der Waals surface area (Å²) in [6, 6.07) is 8.11. The minimum absolute atomic E-state index is 0.127. The van der Waals surface area contributed by atoms with Crippen LogP contribution in [-0.2, 0) is 5.54 Å². The van der Waals surface area contributed by atoms with Crippen LogP contribution >= 0.6 is 11.8 Å². The molecule has 0 unspecified atom stereocenters. The van der Waals surface area contributed by atoms with Crippen molar-refractivity contribution < 1.29 is 0 Å². The lowest BCUT2D eigenvalue weighted by molar-refractivity contribution is 0.253. The molecule has 1 aliphatic rings. The van der Waals surface area contributed by atoms with Gasteiger partial charge in [0.15, 0.2) is 5.17 Å². The molecule has 0 radical (unpaired) electrons. The molecule has 0 amide bonds. The predicted molar refractivity (Wildman–Crippen MR) is 75.6 cm³/mol. The number of amidine groups is 1. The molecular weight excluding hydrogens is 230 g/mol. The Morgan fingerprint density at radius 1 is 1.47 bits per heavy atom. The third-order valence-electron chi connectivity index (χ3n) is 3.20. The van der Waals surface area contributed by atoms with Crippen molar-refractivity contribution in [2.75, 3.05) is 5.75 Å². The molecule has 1 aromatic carbocycles. The molecule has 17 heavy (non-hydrogen) atoms. The fourth-order valence-electron chi connectivity index (χ4n) is 2.04. The van der Waals surface area contributed by atoms with Gasteiger partial charge in [0.2, 0.25) is 0 Å². The van der Waals surface area contributed by atoms with Crippen molar-refractivity contribution in [1.82, 2.24) is 0 Å². The van der Waals surface area contributed by atoms with E-state index in [0.29, 0.717) is 5.17 Å². The molecule has 1 fully saturated rings. The second-order valence-electron chi connectivity index (χ2n) is 4.44. The molecular formula is C13H19N3S. The largest absolute Gasteiger partial charge is 0.378 e. The molecule has 0 aromatic heterocycles. The van der Waals surface area contributed by atoms with Crippen LogP contribution in [0, 0.1) is 0 Å². The van der Waals surface area contributed by atoms with Gasteiger partial charge in [0.05, 0.1) is 5.69 Å². The maximum atomic E-state index is 6.30. The van der Waals surface area contributed by atoms with Crippen LogP contribution in [-0.4, -0.2) is 10.9 Å². The predicted octanol–water partition coefficient (Wildman–Crippen LogP) is 2.72. The molecule has 0 spiro atoms. The summed E-state index contributed by atoms with van der Waals surface area (Å²) in [6.45, 7) is 2.06. The molecule has 1 aliphatic carbocycles. The highest BCUT2D eigenvalue weighted by Gasteiger charge is 2.34. The maximum Gasteiger partial charge on any atom is 0.159 e. The topological polar surface area (TPSA) is 64.4 Å². The van der Waals surface area contributed by atoms with Crippen molar-refractivity contribution >= 4 is 22.6 Å². The van der Waals surface area contributed by atoms with Crippen LogP contribution in [0.5, 0.6) is 0 Å². The van der Waals surface area contributed by atoms with E-state index in [-0.39, 0.29) is 5.54 Å². The van der Waals surface area contributed by atoms with Gasteiger partial charge in [-0.3, -0.25) is 0 Å². The van der Waals surface area contributed by atoms with Crippen LogP contribution in [0.25, 0.3) is 0 Å². The number of aliphatic imine (C=N–C) groups is 1. The van der Waals surface area contributed by atoms with Gasteiger partial charge in [-0.1, -0.05) is 30.8 Å². The van der Waals surface area contributed by atoms with Gasteiger partial charge in [-0.2, -0.15) is 0 Å². The normalized spacial score (nSPS) is 18.8. The van der Waals surface area contributed by atoms with Crippen molar-refractivity contribution in [2.45, 2.75) is 31.7 Å². The lowest BCUT2D eigenvalue weighted by atomic mass is 9.73. The van der Waals surface area contributed by atoms with E-state index in [0.717, 1.165) is 24.3 Å². The monoisotopic (exact) mass is 249 g/mol. The van der Waals surface area contributed by atoms with Crippen LogP contribution in [0.4, 0.5) is 5.69 Å². The highest BCUT2D eigenvalue weighted by atomic mass is 32.2. The first-order valence-electron chi connectivity index (χ1n) is 6.00. The first kappa shape index (κ1) is 12.5. The average Bonchev–Trinajstić information content (AvgIpc) is 2.26. The van der Waals surface area contributed by atoms with E-state index >= 15 is 0 Å². The third-order valence-corrected chi connectivity index (χ3v) is 3.87. The highest BCUT2D eigenvalue weighted by Crippen LogP contribution is 2.39. The Morgan fingerprint density at radius 3 is 2.82 bits per heavy atom. The molecule has 0 aliphatic heterocycles. The zero-order valence-corrected chi connectivity index (χ0v) is 11.0. The van der Waals surface area contributed by atoms with Crippen molar-refractivity contribution in [3.8, 4) is 0 Å². The Hall–Kier alpha value is -1.00. The Balaban J connectivity index is 2.20. The minimum atomic E-state index is -0.127. The van der Waals surface area contributed by atoms with Crippen LogP contribution in [0.3, 0.4) is 0 Å². The number of rotatable bonds is 3. The molecule has 92 valence electrons. The summed E-state index contributed by atoms with van der Waals surface area (Å²) >= 11 is 1.56. The molecule has 0 bridgehead atoms. The van der Waals surface area contributed by atoms with Gasteiger partial charge in [-0.05, 0) is 42.7 Å². The number of hydrogen-bond donors (Lipinski definition) is 2. The number of nitrogens with two attached hydrogens (primary N) is 2. The van der Waals surface area contributed by atoms with E-state index in [2.05, 4.69) is 24.0 Å². The maximum absolute atomic E-state index is 6.30.